The summed E-state index contributed by atoms with van der Waals surface area (Å²) in [5.41, 5.74) is 0.383. The van der Waals surface area contributed by atoms with Gasteiger partial charge in [0.15, 0.2) is 1.41 Å². The lowest BCUT2D eigenvalue weighted by atomic mass is 10.3. The number of nitrogens with one attached hydrogen (secondary N) is 1. The summed E-state index contributed by atoms with van der Waals surface area (Å²) in [5, 5.41) is 1.15. The molecule has 0 aliphatic carbocycles. The van der Waals surface area contributed by atoms with E-state index in [1.807, 2.05) is 0 Å². The van der Waals surface area contributed by atoms with Crippen molar-refractivity contribution >= 4 is 23.4 Å². The van der Waals surface area contributed by atoms with Gasteiger partial charge in [-0.1, -0.05) is 17.7 Å². The maximum atomic E-state index is 11.3. The summed E-state index contributed by atoms with van der Waals surface area (Å²) in [6.07, 6.45) is -0.961. The highest BCUT2D eigenvalue weighted by Gasteiger charge is 2.04. The van der Waals surface area contributed by atoms with Crippen molar-refractivity contribution in [1.29, 1.82) is 0 Å². The fraction of sp³-hybridized carbons (Fsp3) is 0.300. The van der Waals surface area contributed by atoms with E-state index in [-0.39, 0.29) is 6.10 Å². The molecule has 0 saturated carbocycles. The predicted octanol–water partition coefficient (Wildman–Crippen LogP) is 3.30. The fourth-order valence-electron chi connectivity index (χ4n) is 0.879. The smallest absolute Gasteiger partial charge is 0.411 e. The molecule has 1 aromatic carbocycles. The van der Waals surface area contributed by atoms with Gasteiger partial charge in [-0.2, -0.15) is 0 Å². The van der Waals surface area contributed by atoms with Gasteiger partial charge >= 0.3 is 6.09 Å². The molecule has 3 nitrogen and oxygen atoms in total. The Morgan fingerprint density at radius 1 is 1.64 bits per heavy atom. The maximum Gasteiger partial charge on any atom is 0.411 e. The van der Waals surface area contributed by atoms with Crippen LogP contribution in [0.25, 0.3) is 0 Å². The Bertz CT molecular complexity index is 357. The molecular formula is C10H12ClNO2. The first-order chi connectivity index (χ1) is 7.00. The Morgan fingerprint density at radius 2 is 2.36 bits per heavy atom. The van der Waals surface area contributed by atoms with E-state index in [4.69, 9.17) is 17.7 Å². The van der Waals surface area contributed by atoms with Crippen molar-refractivity contribution in [3.63, 3.8) is 0 Å². The molecule has 0 heterocycles. The molecular weight excluding hydrogens is 202 g/mol. The second-order valence-electron chi connectivity index (χ2n) is 3.02. The second-order valence-corrected chi connectivity index (χ2v) is 3.46. The summed E-state index contributed by atoms with van der Waals surface area (Å²) < 4.78 is 12.4. The number of hydrogen-bond acceptors (Lipinski definition) is 2. The lowest BCUT2D eigenvalue weighted by Gasteiger charge is -2.09. The molecule has 0 aliphatic rings. The van der Waals surface area contributed by atoms with Crippen molar-refractivity contribution in [2.75, 3.05) is 5.31 Å². The predicted molar refractivity (Wildman–Crippen MR) is 56.7 cm³/mol. The third-order valence-electron chi connectivity index (χ3n) is 1.37. The molecule has 4 heteroatoms. The number of halogens is 1. The number of ether oxygens (including phenoxy) is 1. The molecule has 1 N–H and O–H groups in total. The van der Waals surface area contributed by atoms with Crippen molar-refractivity contribution in [2.45, 2.75) is 20.0 Å². The second kappa shape index (κ2) is 4.86. The average molecular weight is 215 g/mol. The molecule has 1 amide bonds. The first-order valence-corrected chi connectivity index (χ1v) is 4.63. The van der Waals surface area contributed by atoms with E-state index in [0.717, 1.165) is 0 Å². The van der Waals surface area contributed by atoms with Gasteiger partial charge in [0, 0.05) is 10.7 Å². The number of rotatable bonds is 2. The van der Waals surface area contributed by atoms with Crippen molar-refractivity contribution in [3.05, 3.63) is 29.3 Å². The molecule has 0 spiro atoms. The van der Waals surface area contributed by atoms with Crippen LogP contribution >= 0.6 is 11.6 Å². The Hall–Kier alpha value is -1.22. The van der Waals surface area contributed by atoms with Gasteiger partial charge in [-0.15, -0.1) is 0 Å². The van der Waals surface area contributed by atoms with Gasteiger partial charge in [0.1, 0.15) is 0 Å². The van der Waals surface area contributed by atoms with E-state index in [1.54, 1.807) is 32.0 Å². The van der Waals surface area contributed by atoms with Crippen molar-refractivity contribution in [2.24, 2.45) is 0 Å². The molecule has 0 atom stereocenters. The molecule has 0 unspecified atom stereocenters. The van der Waals surface area contributed by atoms with Crippen molar-refractivity contribution in [1.82, 2.24) is 0 Å². The summed E-state index contributed by atoms with van der Waals surface area (Å²) in [5.74, 6) is 0. The summed E-state index contributed by atoms with van der Waals surface area (Å²) in [7, 11) is 0. The van der Waals surface area contributed by atoms with Gasteiger partial charge in [0.2, 0.25) is 0 Å². The summed E-state index contributed by atoms with van der Waals surface area (Å²) in [6, 6.07) is 6.48. The summed E-state index contributed by atoms with van der Waals surface area (Å²) in [6.45, 7) is 3.45. The summed E-state index contributed by atoms with van der Waals surface area (Å²) in [4.78, 5) is 11.3. The molecule has 0 bridgehead atoms. The van der Waals surface area contributed by atoms with Crippen LogP contribution < -0.4 is 5.31 Å². The van der Waals surface area contributed by atoms with Crippen LogP contribution in [-0.2, 0) is 4.74 Å². The zero-order valence-corrected chi connectivity index (χ0v) is 8.78. The average Bonchev–Trinajstić information content (AvgIpc) is 2.15. The number of benzene rings is 1. The van der Waals surface area contributed by atoms with Crippen LogP contribution in [0.2, 0.25) is 6.43 Å². The van der Waals surface area contributed by atoms with E-state index < -0.39 is 6.09 Å². The van der Waals surface area contributed by atoms with E-state index in [2.05, 4.69) is 0 Å². The van der Waals surface area contributed by atoms with Crippen LogP contribution in [0.1, 0.15) is 13.8 Å². The largest absolute Gasteiger partial charge is 0.447 e. The topological polar surface area (TPSA) is 38.3 Å². The molecule has 0 fully saturated rings. The number of carbonyl (C=O) groups excluding carboxylic acids is 1. The summed E-state index contributed by atoms with van der Waals surface area (Å²) >= 11 is 5.74. The minimum atomic E-state index is -0.715. The van der Waals surface area contributed by atoms with Crippen LogP contribution in [0.5, 0.6) is 0 Å². The standard InChI is InChI=1S/C10H12ClNO2/c1-7(2)14-10(13)12-9-5-3-4-8(11)6-9/h3-7H,1-2H3,(H,12,13)/i/hD. The first-order valence-electron chi connectivity index (χ1n) is 4.70. The van der Waals surface area contributed by atoms with Gasteiger partial charge in [-0.25, -0.2) is 4.79 Å². The third kappa shape index (κ3) is 3.66. The highest BCUT2D eigenvalue weighted by Crippen LogP contribution is 2.15. The van der Waals surface area contributed by atoms with Crippen LogP contribution in [0.15, 0.2) is 24.3 Å². The minimum absolute atomic E-state index is 0.246. The Balaban J connectivity index is 2.76. The highest BCUT2D eigenvalue weighted by atomic mass is 35.5. The first kappa shape index (κ1) is 9.34. The monoisotopic (exact) mass is 214 g/mol. The Morgan fingerprint density at radius 3 is 2.93 bits per heavy atom. The van der Waals surface area contributed by atoms with Gasteiger partial charge < -0.3 is 4.74 Å². The molecule has 1 rings (SSSR count). The van der Waals surface area contributed by atoms with E-state index in [0.29, 0.717) is 16.0 Å². The van der Waals surface area contributed by atoms with Gasteiger partial charge in [0.25, 0.3) is 0 Å². The van der Waals surface area contributed by atoms with Crippen molar-refractivity contribution < 1.29 is 10.9 Å². The highest BCUT2D eigenvalue weighted by molar-refractivity contribution is 6.30. The molecule has 0 aliphatic heterocycles. The van der Waals surface area contributed by atoms with E-state index >= 15 is 0 Å². The number of anilines is 1. The molecule has 0 aromatic heterocycles. The number of carbonyl (C=O) groups is 1. The molecule has 0 radical (unpaired) electrons. The van der Waals surface area contributed by atoms with E-state index in [9.17, 15) is 4.79 Å². The van der Waals surface area contributed by atoms with Gasteiger partial charge in [0.05, 0.1) is 6.10 Å². The molecule has 1 aromatic rings. The van der Waals surface area contributed by atoms with Gasteiger partial charge in [-0.3, -0.25) is 5.31 Å². The maximum absolute atomic E-state index is 11.3. The quantitative estimate of drug-likeness (QED) is 0.821. The van der Waals surface area contributed by atoms with Gasteiger partial charge in [-0.05, 0) is 32.0 Å². The Kier molecular flexibility index (Phi) is 3.24. The van der Waals surface area contributed by atoms with E-state index in [1.165, 1.54) is 6.07 Å². The zero-order valence-electron chi connectivity index (χ0n) is 9.03. The lowest BCUT2D eigenvalue weighted by Crippen LogP contribution is -2.17. The molecule has 76 valence electrons. The van der Waals surface area contributed by atoms with Crippen molar-refractivity contribution in [3.8, 4) is 0 Å². The minimum Gasteiger partial charge on any atom is -0.447 e. The van der Waals surface area contributed by atoms with Crippen LogP contribution in [-0.4, -0.2) is 12.2 Å². The lowest BCUT2D eigenvalue weighted by molar-refractivity contribution is 0.130. The Labute approximate surface area is 89.5 Å². The fourth-order valence-corrected chi connectivity index (χ4v) is 1.06. The number of hydrogen-bond donors (Lipinski definition) is 1. The molecule has 14 heavy (non-hydrogen) atoms. The normalized spacial score (nSPS) is 11.0. The zero-order chi connectivity index (χ0) is 11.4. The van der Waals surface area contributed by atoms with Crippen LogP contribution in [0, 0.1) is 0 Å². The SMILES string of the molecule is [2H]N(C(=O)OC(C)C)c1cccc(Cl)c1. The van der Waals surface area contributed by atoms with Crippen LogP contribution in [0.3, 0.4) is 0 Å². The molecule has 0 saturated heterocycles. The third-order valence-corrected chi connectivity index (χ3v) is 1.60. The number of amides is 1. The van der Waals surface area contributed by atoms with Crippen LogP contribution in [0.4, 0.5) is 10.5 Å².